The van der Waals surface area contributed by atoms with E-state index in [-0.39, 0.29) is 18.6 Å². The molecule has 7 heteroatoms. The zero-order valence-corrected chi connectivity index (χ0v) is 13.5. The van der Waals surface area contributed by atoms with Gasteiger partial charge in [-0.1, -0.05) is 0 Å². The monoisotopic (exact) mass is 329 g/mol. The van der Waals surface area contributed by atoms with Gasteiger partial charge in [0.1, 0.15) is 0 Å². The second kappa shape index (κ2) is 7.96. The summed E-state index contributed by atoms with van der Waals surface area (Å²) in [5.74, 6) is -0.153. The van der Waals surface area contributed by atoms with Crippen molar-refractivity contribution in [2.75, 3.05) is 13.7 Å². The quantitative estimate of drug-likeness (QED) is 0.800. The average molecular weight is 329 g/mol. The van der Waals surface area contributed by atoms with Gasteiger partial charge in [0, 0.05) is 18.0 Å². The van der Waals surface area contributed by atoms with Crippen LogP contribution in [0.25, 0.3) is 0 Å². The molecule has 0 aliphatic rings. The maximum absolute atomic E-state index is 12.4. The van der Waals surface area contributed by atoms with Crippen LogP contribution in [0.5, 0.6) is 11.5 Å². The van der Waals surface area contributed by atoms with E-state index in [1.54, 1.807) is 30.6 Å². The van der Waals surface area contributed by atoms with Crippen molar-refractivity contribution in [2.45, 2.75) is 13.0 Å². The third kappa shape index (κ3) is 4.45. The molecule has 0 bridgehead atoms. The van der Waals surface area contributed by atoms with Crippen LogP contribution >= 0.6 is 0 Å². The molecule has 2 aromatic rings. The number of benzene rings is 1. The molecule has 0 aliphatic heterocycles. The summed E-state index contributed by atoms with van der Waals surface area (Å²) < 4.78 is 10.4. The lowest BCUT2D eigenvalue weighted by Gasteiger charge is -2.15. The molecular formula is C17H19N3O4. The van der Waals surface area contributed by atoms with Crippen LogP contribution < -0.4 is 20.5 Å². The van der Waals surface area contributed by atoms with Gasteiger partial charge in [-0.05, 0) is 42.8 Å². The summed E-state index contributed by atoms with van der Waals surface area (Å²) in [5.41, 5.74) is 6.41. The average Bonchev–Trinajstić information content (AvgIpc) is 2.60. The van der Waals surface area contributed by atoms with Crippen molar-refractivity contribution in [2.24, 2.45) is 5.73 Å². The number of pyridine rings is 1. The van der Waals surface area contributed by atoms with Gasteiger partial charge in [-0.2, -0.15) is 0 Å². The van der Waals surface area contributed by atoms with Crippen LogP contribution in [0.3, 0.4) is 0 Å². The molecule has 2 rings (SSSR count). The van der Waals surface area contributed by atoms with Gasteiger partial charge in [-0.15, -0.1) is 0 Å². The number of carbonyl (C=O) groups is 2. The summed E-state index contributed by atoms with van der Waals surface area (Å²) in [7, 11) is 1.45. The van der Waals surface area contributed by atoms with E-state index in [4.69, 9.17) is 15.2 Å². The second-order valence-corrected chi connectivity index (χ2v) is 5.10. The number of hydrogen-bond acceptors (Lipinski definition) is 5. The molecular weight excluding hydrogens is 310 g/mol. The van der Waals surface area contributed by atoms with E-state index in [0.29, 0.717) is 17.1 Å². The number of rotatable bonds is 7. The lowest BCUT2D eigenvalue weighted by molar-refractivity contribution is -0.119. The highest BCUT2D eigenvalue weighted by Crippen LogP contribution is 2.28. The molecule has 0 radical (unpaired) electrons. The van der Waals surface area contributed by atoms with E-state index in [1.807, 2.05) is 19.1 Å². The van der Waals surface area contributed by atoms with Gasteiger partial charge in [-0.25, -0.2) is 0 Å². The van der Waals surface area contributed by atoms with E-state index < -0.39 is 5.91 Å². The number of nitrogens with one attached hydrogen (secondary N) is 1. The number of nitrogens with two attached hydrogens (primary N) is 1. The summed E-state index contributed by atoms with van der Waals surface area (Å²) in [4.78, 5) is 27.1. The lowest BCUT2D eigenvalue weighted by atomic mass is 10.1. The van der Waals surface area contributed by atoms with Gasteiger partial charge in [0.05, 0.1) is 13.2 Å². The molecule has 0 unspecified atom stereocenters. The van der Waals surface area contributed by atoms with Gasteiger partial charge >= 0.3 is 0 Å². The zero-order valence-electron chi connectivity index (χ0n) is 13.5. The highest BCUT2D eigenvalue weighted by Gasteiger charge is 2.14. The number of primary amides is 1. The number of nitrogens with zero attached hydrogens (tertiary/aromatic N) is 1. The first-order valence-electron chi connectivity index (χ1n) is 7.31. The minimum atomic E-state index is -0.593. The Morgan fingerprint density at radius 3 is 2.54 bits per heavy atom. The Labute approximate surface area is 139 Å². The summed E-state index contributed by atoms with van der Waals surface area (Å²) in [6.45, 7) is 1.62. The molecule has 0 fully saturated rings. The molecule has 0 spiro atoms. The van der Waals surface area contributed by atoms with E-state index in [2.05, 4.69) is 10.3 Å². The van der Waals surface area contributed by atoms with Crippen LogP contribution in [0.15, 0.2) is 42.7 Å². The number of methoxy groups -OCH3 is 1. The first-order chi connectivity index (χ1) is 11.5. The largest absolute Gasteiger partial charge is 0.493 e. The van der Waals surface area contributed by atoms with Crippen molar-refractivity contribution >= 4 is 11.8 Å². The highest BCUT2D eigenvalue weighted by atomic mass is 16.5. The van der Waals surface area contributed by atoms with Gasteiger partial charge in [-0.3, -0.25) is 14.6 Å². The number of carbonyl (C=O) groups excluding carboxylic acids is 2. The van der Waals surface area contributed by atoms with Gasteiger partial charge in [0.2, 0.25) is 0 Å². The minimum absolute atomic E-state index is 0.169. The summed E-state index contributed by atoms with van der Waals surface area (Å²) in [5, 5.41) is 2.90. The number of amides is 2. The zero-order chi connectivity index (χ0) is 17.5. The lowest BCUT2D eigenvalue weighted by Crippen LogP contribution is -2.26. The van der Waals surface area contributed by atoms with Gasteiger partial charge in [0.25, 0.3) is 11.8 Å². The third-order valence-corrected chi connectivity index (χ3v) is 3.35. The molecule has 7 nitrogen and oxygen atoms in total. The van der Waals surface area contributed by atoms with Crippen molar-refractivity contribution in [1.82, 2.24) is 10.3 Å². The number of ether oxygens (including phenoxy) is 2. The number of aromatic nitrogens is 1. The molecule has 1 heterocycles. The Bertz CT molecular complexity index is 719. The molecule has 2 amide bonds. The summed E-state index contributed by atoms with van der Waals surface area (Å²) in [6.07, 6.45) is 3.35. The van der Waals surface area contributed by atoms with Crippen molar-refractivity contribution in [3.63, 3.8) is 0 Å². The topological polar surface area (TPSA) is 104 Å². The second-order valence-electron chi connectivity index (χ2n) is 5.10. The van der Waals surface area contributed by atoms with Crippen molar-refractivity contribution < 1.29 is 19.1 Å². The SMILES string of the molecule is COc1cc(C(=O)N[C@@H](C)c2ccncc2)ccc1OCC(N)=O. The van der Waals surface area contributed by atoms with Crippen molar-refractivity contribution in [3.05, 3.63) is 53.9 Å². The van der Waals surface area contributed by atoms with Crippen LogP contribution in [0.4, 0.5) is 0 Å². The fourth-order valence-corrected chi connectivity index (χ4v) is 2.09. The van der Waals surface area contributed by atoms with E-state index in [1.165, 1.54) is 7.11 Å². The fraction of sp³-hybridized carbons (Fsp3) is 0.235. The van der Waals surface area contributed by atoms with Crippen LogP contribution in [0, 0.1) is 0 Å². The van der Waals surface area contributed by atoms with Gasteiger partial charge in [0.15, 0.2) is 18.1 Å². The molecule has 1 atom stereocenters. The molecule has 1 aromatic carbocycles. The molecule has 0 saturated carbocycles. The molecule has 126 valence electrons. The van der Waals surface area contributed by atoms with Crippen LogP contribution in [0.2, 0.25) is 0 Å². The van der Waals surface area contributed by atoms with Gasteiger partial charge < -0.3 is 20.5 Å². The Balaban J connectivity index is 2.10. The smallest absolute Gasteiger partial charge is 0.255 e. The van der Waals surface area contributed by atoms with Crippen LogP contribution in [-0.2, 0) is 4.79 Å². The molecule has 1 aromatic heterocycles. The standard InChI is InChI=1S/C17H19N3O4/c1-11(12-5-7-19-8-6-12)20-17(22)13-3-4-14(15(9-13)23-2)24-10-16(18)21/h3-9,11H,10H2,1-2H3,(H2,18,21)(H,20,22)/t11-/m0/s1. The molecule has 0 aliphatic carbocycles. The fourth-order valence-electron chi connectivity index (χ4n) is 2.09. The number of hydrogen-bond donors (Lipinski definition) is 2. The van der Waals surface area contributed by atoms with Crippen molar-refractivity contribution in [1.29, 1.82) is 0 Å². The van der Waals surface area contributed by atoms with E-state index >= 15 is 0 Å². The maximum atomic E-state index is 12.4. The highest BCUT2D eigenvalue weighted by molar-refractivity contribution is 5.95. The third-order valence-electron chi connectivity index (χ3n) is 3.35. The first kappa shape index (κ1) is 17.3. The minimum Gasteiger partial charge on any atom is -0.493 e. The summed E-state index contributed by atoms with van der Waals surface area (Å²) in [6, 6.07) is 8.21. The Morgan fingerprint density at radius 2 is 1.92 bits per heavy atom. The van der Waals surface area contributed by atoms with Crippen LogP contribution in [0.1, 0.15) is 28.9 Å². The predicted octanol–water partition coefficient (Wildman–Crippen LogP) is 1.45. The molecule has 3 N–H and O–H groups in total. The Hall–Kier alpha value is -3.09. The first-order valence-corrected chi connectivity index (χ1v) is 7.31. The normalized spacial score (nSPS) is 11.4. The van der Waals surface area contributed by atoms with Crippen LogP contribution in [-0.4, -0.2) is 30.5 Å². The van der Waals surface area contributed by atoms with E-state index in [0.717, 1.165) is 5.56 Å². The Kier molecular flexibility index (Phi) is 5.73. The predicted molar refractivity (Wildman–Crippen MR) is 87.8 cm³/mol. The Morgan fingerprint density at radius 1 is 1.21 bits per heavy atom. The summed E-state index contributed by atoms with van der Waals surface area (Å²) >= 11 is 0. The maximum Gasteiger partial charge on any atom is 0.255 e. The molecule has 24 heavy (non-hydrogen) atoms. The van der Waals surface area contributed by atoms with Crippen molar-refractivity contribution in [3.8, 4) is 11.5 Å². The molecule has 0 saturated heterocycles. The van der Waals surface area contributed by atoms with E-state index in [9.17, 15) is 9.59 Å².